The van der Waals surface area contributed by atoms with Crippen LogP contribution in [0.3, 0.4) is 0 Å². The van der Waals surface area contributed by atoms with E-state index in [4.69, 9.17) is 0 Å². The van der Waals surface area contributed by atoms with Crippen molar-refractivity contribution in [1.29, 1.82) is 0 Å². The van der Waals surface area contributed by atoms with E-state index in [1.807, 2.05) is 19.1 Å². The molecule has 1 heterocycles. The molecule has 0 aromatic rings. The summed E-state index contributed by atoms with van der Waals surface area (Å²) < 4.78 is -0.288. The summed E-state index contributed by atoms with van der Waals surface area (Å²) in [6, 6.07) is -0.280. The van der Waals surface area contributed by atoms with Crippen molar-refractivity contribution in [3.63, 3.8) is 0 Å². The summed E-state index contributed by atoms with van der Waals surface area (Å²) in [6.45, 7) is 1.92. The van der Waals surface area contributed by atoms with E-state index in [1.165, 1.54) is 0 Å². The molecule has 0 saturated heterocycles. The van der Waals surface area contributed by atoms with Gasteiger partial charge in [-0.15, -0.1) is 0 Å². The highest BCUT2D eigenvalue weighted by Gasteiger charge is 2.28. The molecule has 0 spiro atoms. The fraction of sp³-hybridized carbons (Fsp3) is 0.429. The number of aliphatic imine (C=N–C) groups is 1. The molecule has 1 aliphatic heterocycles. The SMILES string of the molecule is CC1(Br)C=CC=NC1C=O. The van der Waals surface area contributed by atoms with Crippen molar-refractivity contribution in [3.8, 4) is 0 Å². The van der Waals surface area contributed by atoms with E-state index in [1.54, 1.807) is 6.21 Å². The monoisotopic (exact) mass is 201 g/mol. The van der Waals surface area contributed by atoms with Crippen molar-refractivity contribution in [3.05, 3.63) is 12.2 Å². The highest BCUT2D eigenvalue weighted by Crippen LogP contribution is 2.26. The van der Waals surface area contributed by atoms with Gasteiger partial charge in [-0.2, -0.15) is 0 Å². The summed E-state index contributed by atoms with van der Waals surface area (Å²) >= 11 is 3.39. The number of hydrogen-bond acceptors (Lipinski definition) is 2. The van der Waals surface area contributed by atoms with E-state index >= 15 is 0 Å². The lowest BCUT2D eigenvalue weighted by atomic mass is 10.0. The number of carbonyl (C=O) groups excluding carboxylic acids is 1. The average molecular weight is 202 g/mol. The lowest BCUT2D eigenvalue weighted by Gasteiger charge is -2.23. The number of hydrogen-bond donors (Lipinski definition) is 0. The molecule has 0 radical (unpaired) electrons. The molecule has 0 amide bonds. The van der Waals surface area contributed by atoms with Gasteiger partial charge in [0, 0.05) is 6.21 Å². The average Bonchev–Trinajstić information content (AvgIpc) is 1.87. The van der Waals surface area contributed by atoms with E-state index in [0.717, 1.165) is 6.29 Å². The van der Waals surface area contributed by atoms with Crippen molar-refractivity contribution in [2.24, 2.45) is 4.99 Å². The van der Waals surface area contributed by atoms with Gasteiger partial charge in [-0.25, -0.2) is 0 Å². The van der Waals surface area contributed by atoms with Crippen LogP contribution in [0, 0.1) is 0 Å². The molecule has 0 aromatic carbocycles. The van der Waals surface area contributed by atoms with Gasteiger partial charge in [-0.05, 0) is 13.0 Å². The van der Waals surface area contributed by atoms with Gasteiger partial charge in [0.1, 0.15) is 12.3 Å². The third kappa shape index (κ3) is 1.34. The second-order valence-electron chi connectivity index (χ2n) is 2.39. The minimum atomic E-state index is -0.288. The van der Waals surface area contributed by atoms with Crippen LogP contribution in [0.5, 0.6) is 0 Å². The first kappa shape index (κ1) is 7.66. The van der Waals surface area contributed by atoms with Crippen LogP contribution in [0.2, 0.25) is 0 Å². The van der Waals surface area contributed by atoms with Crippen LogP contribution in [0.4, 0.5) is 0 Å². The minimum absolute atomic E-state index is 0.280. The predicted octanol–water partition coefficient (Wildman–Crippen LogP) is 1.35. The van der Waals surface area contributed by atoms with Gasteiger partial charge in [-0.3, -0.25) is 4.99 Å². The standard InChI is InChI=1S/C7H8BrNO/c1-7(8)3-2-4-9-6(7)5-10/h2-6H,1H3. The number of allylic oxidation sites excluding steroid dienone is 1. The fourth-order valence-corrected chi connectivity index (χ4v) is 1.16. The van der Waals surface area contributed by atoms with E-state index in [0.29, 0.717) is 0 Å². The van der Waals surface area contributed by atoms with Crippen molar-refractivity contribution < 1.29 is 4.79 Å². The summed E-state index contributed by atoms with van der Waals surface area (Å²) in [5, 5.41) is 0. The zero-order valence-corrected chi connectivity index (χ0v) is 7.21. The van der Waals surface area contributed by atoms with Gasteiger partial charge in [0.15, 0.2) is 0 Å². The number of carbonyl (C=O) groups is 1. The van der Waals surface area contributed by atoms with Gasteiger partial charge in [-0.1, -0.05) is 22.0 Å². The smallest absolute Gasteiger partial charge is 0.146 e. The van der Waals surface area contributed by atoms with Gasteiger partial charge < -0.3 is 4.79 Å². The zero-order chi connectivity index (χ0) is 7.61. The quantitative estimate of drug-likeness (QED) is 0.466. The number of halogens is 1. The number of nitrogens with zero attached hydrogens (tertiary/aromatic N) is 1. The molecule has 1 rings (SSSR count). The molecule has 54 valence electrons. The maximum absolute atomic E-state index is 10.4. The lowest BCUT2D eigenvalue weighted by Crippen LogP contribution is -2.32. The molecule has 0 aromatic heterocycles. The van der Waals surface area contributed by atoms with Crippen LogP contribution in [0.1, 0.15) is 6.92 Å². The molecule has 0 bridgehead atoms. The first-order valence-electron chi connectivity index (χ1n) is 3.02. The Morgan fingerprint density at radius 1 is 1.80 bits per heavy atom. The molecule has 3 heteroatoms. The predicted molar refractivity (Wildman–Crippen MR) is 44.8 cm³/mol. The molecule has 2 unspecified atom stereocenters. The van der Waals surface area contributed by atoms with Crippen molar-refractivity contribution in [2.75, 3.05) is 0 Å². The van der Waals surface area contributed by atoms with E-state index in [9.17, 15) is 4.79 Å². The largest absolute Gasteiger partial charge is 0.301 e. The maximum Gasteiger partial charge on any atom is 0.146 e. The van der Waals surface area contributed by atoms with Crippen molar-refractivity contribution in [2.45, 2.75) is 17.3 Å². The number of alkyl halides is 1. The van der Waals surface area contributed by atoms with Crippen molar-refractivity contribution >= 4 is 28.4 Å². The Labute approximate surface area is 68.2 Å². The van der Waals surface area contributed by atoms with Crippen LogP contribution < -0.4 is 0 Å². The van der Waals surface area contributed by atoms with Gasteiger partial charge in [0.05, 0.1) is 4.32 Å². The summed E-state index contributed by atoms with van der Waals surface area (Å²) in [7, 11) is 0. The van der Waals surface area contributed by atoms with Gasteiger partial charge in [0.2, 0.25) is 0 Å². The molecule has 2 atom stereocenters. The highest BCUT2D eigenvalue weighted by molar-refractivity contribution is 9.10. The number of dihydropyridines is 1. The fourth-order valence-electron chi connectivity index (χ4n) is 0.786. The lowest BCUT2D eigenvalue weighted by molar-refractivity contribution is -0.109. The Kier molecular flexibility index (Phi) is 2.04. The van der Waals surface area contributed by atoms with Gasteiger partial charge in [0.25, 0.3) is 0 Å². The van der Waals surface area contributed by atoms with Crippen LogP contribution in [0.15, 0.2) is 17.1 Å². The van der Waals surface area contributed by atoms with Crippen LogP contribution >= 0.6 is 15.9 Å². The van der Waals surface area contributed by atoms with Crippen LogP contribution in [-0.2, 0) is 4.79 Å². The molecule has 0 fully saturated rings. The third-order valence-electron chi connectivity index (χ3n) is 1.46. The van der Waals surface area contributed by atoms with E-state index < -0.39 is 0 Å². The van der Waals surface area contributed by atoms with E-state index in [-0.39, 0.29) is 10.4 Å². The van der Waals surface area contributed by atoms with Gasteiger partial charge >= 0.3 is 0 Å². The van der Waals surface area contributed by atoms with E-state index in [2.05, 4.69) is 20.9 Å². The second-order valence-corrected chi connectivity index (χ2v) is 4.10. The second kappa shape index (κ2) is 2.66. The number of rotatable bonds is 1. The Morgan fingerprint density at radius 3 is 2.90 bits per heavy atom. The summed E-state index contributed by atoms with van der Waals surface area (Å²) in [4.78, 5) is 14.4. The molecule has 2 nitrogen and oxygen atoms in total. The Balaban J connectivity index is 2.84. The normalized spacial score (nSPS) is 38.0. The molecule has 10 heavy (non-hydrogen) atoms. The topological polar surface area (TPSA) is 29.4 Å². The molecular formula is C7H8BrNO. The molecular weight excluding hydrogens is 194 g/mol. The summed E-state index contributed by atoms with van der Waals surface area (Å²) in [5.41, 5.74) is 0. The maximum atomic E-state index is 10.4. The minimum Gasteiger partial charge on any atom is -0.301 e. The zero-order valence-electron chi connectivity index (χ0n) is 5.62. The third-order valence-corrected chi connectivity index (χ3v) is 2.20. The Bertz CT molecular complexity index is 196. The highest BCUT2D eigenvalue weighted by atomic mass is 79.9. The Morgan fingerprint density at radius 2 is 2.50 bits per heavy atom. The number of aldehydes is 1. The molecule has 0 aliphatic carbocycles. The van der Waals surface area contributed by atoms with Crippen molar-refractivity contribution in [1.82, 2.24) is 0 Å². The summed E-state index contributed by atoms with van der Waals surface area (Å²) in [5.74, 6) is 0. The molecule has 0 N–H and O–H groups in total. The first-order chi connectivity index (χ1) is 4.67. The van der Waals surface area contributed by atoms with Crippen LogP contribution in [-0.4, -0.2) is 22.9 Å². The Hall–Kier alpha value is -0.440. The van der Waals surface area contributed by atoms with Crippen LogP contribution in [0.25, 0.3) is 0 Å². The first-order valence-corrected chi connectivity index (χ1v) is 3.81. The molecule has 1 aliphatic rings. The molecule has 0 saturated carbocycles. The summed E-state index contributed by atoms with van der Waals surface area (Å²) in [6.07, 6.45) is 6.23.